The molecule has 1 fully saturated rings. The molecule has 0 aliphatic carbocycles. The topological polar surface area (TPSA) is 69.6 Å². The van der Waals surface area contributed by atoms with Gasteiger partial charge in [0.1, 0.15) is 0 Å². The summed E-state index contributed by atoms with van der Waals surface area (Å²) in [4.78, 5) is 24.7. The minimum atomic E-state index is -0.727. The van der Waals surface area contributed by atoms with Gasteiger partial charge in [-0.3, -0.25) is 14.5 Å². The Balaban J connectivity index is 2.27. The molecule has 104 valence electrons. The van der Waals surface area contributed by atoms with Crippen molar-refractivity contribution in [3.8, 4) is 0 Å². The minimum absolute atomic E-state index is 0.0439. The summed E-state index contributed by atoms with van der Waals surface area (Å²) in [7, 11) is 0. The molecule has 1 rings (SSSR count). The zero-order valence-electron chi connectivity index (χ0n) is 11.4. The van der Waals surface area contributed by atoms with Gasteiger partial charge >= 0.3 is 5.97 Å². The highest BCUT2D eigenvalue weighted by molar-refractivity contribution is 5.78. The van der Waals surface area contributed by atoms with Crippen molar-refractivity contribution in [3.05, 3.63) is 0 Å². The summed E-state index contributed by atoms with van der Waals surface area (Å²) in [6.45, 7) is 6.36. The maximum Gasteiger partial charge on any atom is 0.309 e. The first-order valence-electron chi connectivity index (χ1n) is 6.70. The molecule has 5 nitrogen and oxygen atoms in total. The van der Waals surface area contributed by atoms with Crippen molar-refractivity contribution in [1.82, 2.24) is 10.2 Å². The molecule has 0 unspecified atom stereocenters. The van der Waals surface area contributed by atoms with Crippen LogP contribution in [0, 0.1) is 5.41 Å². The molecule has 1 amide bonds. The lowest BCUT2D eigenvalue weighted by molar-refractivity contribution is -0.150. The standard InChI is InChI=1S/C13H24N2O3/c1-3-4-7-14-11(16)10-15-8-5-13(2,6-9-15)12(17)18/h3-10H2,1-2H3,(H,14,16)(H,17,18). The fraction of sp³-hybridized carbons (Fsp3) is 0.846. The maximum atomic E-state index is 11.6. The van der Waals surface area contributed by atoms with Gasteiger partial charge in [0.15, 0.2) is 0 Å². The third-order valence-corrected chi connectivity index (χ3v) is 3.70. The normalized spacial score (nSPS) is 19.4. The van der Waals surface area contributed by atoms with E-state index >= 15 is 0 Å². The van der Waals surface area contributed by atoms with Gasteiger partial charge in [-0.15, -0.1) is 0 Å². The number of hydrogen-bond acceptors (Lipinski definition) is 3. The van der Waals surface area contributed by atoms with E-state index in [0.29, 0.717) is 32.5 Å². The molecule has 1 saturated heterocycles. The van der Waals surface area contributed by atoms with Crippen molar-refractivity contribution in [3.63, 3.8) is 0 Å². The smallest absolute Gasteiger partial charge is 0.309 e. The summed E-state index contributed by atoms with van der Waals surface area (Å²) in [5, 5.41) is 12.0. The number of rotatable bonds is 6. The average Bonchev–Trinajstić information content (AvgIpc) is 2.32. The number of amides is 1. The minimum Gasteiger partial charge on any atom is -0.481 e. The molecule has 0 radical (unpaired) electrons. The molecular weight excluding hydrogens is 232 g/mol. The van der Waals surface area contributed by atoms with Crippen molar-refractivity contribution in [2.75, 3.05) is 26.2 Å². The molecule has 0 aromatic carbocycles. The maximum absolute atomic E-state index is 11.6. The summed E-state index contributed by atoms with van der Waals surface area (Å²) < 4.78 is 0. The Labute approximate surface area is 109 Å². The van der Waals surface area contributed by atoms with Gasteiger partial charge in [0.25, 0.3) is 0 Å². The van der Waals surface area contributed by atoms with Crippen LogP contribution in [0.5, 0.6) is 0 Å². The Hall–Kier alpha value is -1.10. The molecule has 0 aromatic rings. The molecular formula is C13H24N2O3. The van der Waals surface area contributed by atoms with Gasteiger partial charge in [-0.25, -0.2) is 0 Å². The van der Waals surface area contributed by atoms with Gasteiger partial charge in [0.05, 0.1) is 12.0 Å². The van der Waals surface area contributed by atoms with Crippen LogP contribution in [0.1, 0.15) is 39.5 Å². The van der Waals surface area contributed by atoms with Crippen molar-refractivity contribution in [2.24, 2.45) is 5.41 Å². The number of unbranched alkanes of at least 4 members (excludes halogenated alkanes) is 1. The van der Waals surface area contributed by atoms with E-state index in [4.69, 9.17) is 5.11 Å². The van der Waals surface area contributed by atoms with Gasteiger partial charge in [-0.1, -0.05) is 13.3 Å². The lowest BCUT2D eigenvalue weighted by atomic mass is 9.80. The summed E-state index contributed by atoms with van der Waals surface area (Å²) >= 11 is 0. The van der Waals surface area contributed by atoms with E-state index in [9.17, 15) is 9.59 Å². The third kappa shape index (κ3) is 4.29. The quantitative estimate of drug-likeness (QED) is 0.698. The number of carbonyl (C=O) groups excluding carboxylic acids is 1. The number of carbonyl (C=O) groups is 2. The highest BCUT2D eigenvalue weighted by Crippen LogP contribution is 2.30. The first kappa shape index (κ1) is 15.0. The van der Waals surface area contributed by atoms with E-state index < -0.39 is 11.4 Å². The van der Waals surface area contributed by atoms with Crippen molar-refractivity contribution < 1.29 is 14.7 Å². The Morgan fingerprint density at radius 2 is 1.94 bits per heavy atom. The lowest BCUT2D eigenvalue weighted by Crippen LogP contribution is -2.46. The van der Waals surface area contributed by atoms with Gasteiger partial charge in [-0.2, -0.15) is 0 Å². The van der Waals surface area contributed by atoms with Crippen LogP contribution in [0.15, 0.2) is 0 Å². The molecule has 2 N–H and O–H groups in total. The number of nitrogens with zero attached hydrogens (tertiary/aromatic N) is 1. The first-order valence-corrected chi connectivity index (χ1v) is 6.70. The Kier molecular flexibility index (Phi) is 5.59. The fourth-order valence-corrected chi connectivity index (χ4v) is 2.08. The molecule has 0 bridgehead atoms. The molecule has 18 heavy (non-hydrogen) atoms. The van der Waals surface area contributed by atoms with Crippen LogP contribution in [-0.4, -0.2) is 48.1 Å². The summed E-state index contributed by atoms with van der Waals surface area (Å²) in [5.74, 6) is -0.683. The predicted octanol–water partition coefficient (Wildman–Crippen LogP) is 1.09. The monoisotopic (exact) mass is 256 g/mol. The van der Waals surface area contributed by atoms with E-state index in [0.717, 1.165) is 19.4 Å². The second-order valence-corrected chi connectivity index (χ2v) is 5.35. The van der Waals surface area contributed by atoms with Crippen LogP contribution in [0.3, 0.4) is 0 Å². The number of carboxylic acids is 1. The van der Waals surface area contributed by atoms with E-state index in [1.165, 1.54) is 0 Å². The largest absolute Gasteiger partial charge is 0.481 e. The second kappa shape index (κ2) is 6.73. The summed E-state index contributed by atoms with van der Waals surface area (Å²) in [6, 6.07) is 0. The van der Waals surface area contributed by atoms with Crippen molar-refractivity contribution in [2.45, 2.75) is 39.5 Å². The van der Waals surface area contributed by atoms with E-state index in [1.54, 1.807) is 6.92 Å². The van der Waals surface area contributed by atoms with Gasteiger partial charge in [0, 0.05) is 6.54 Å². The van der Waals surface area contributed by atoms with Crippen LogP contribution in [0.4, 0.5) is 0 Å². The highest BCUT2D eigenvalue weighted by Gasteiger charge is 2.36. The number of hydrogen-bond donors (Lipinski definition) is 2. The Bertz CT molecular complexity index is 297. The van der Waals surface area contributed by atoms with Crippen LogP contribution < -0.4 is 5.32 Å². The first-order chi connectivity index (χ1) is 8.48. The third-order valence-electron chi connectivity index (χ3n) is 3.70. The number of carboxylic acid groups (broad SMARTS) is 1. The van der Waals surface area contributed by atoms with E-state index in [-0.39, 0.29) is 5.91 Å². The van der Waals surface area contributed by atoms with Crippen LogP contribution >= 0.6 is 0 Å². The highest BCUT2D eigenvalue weighted by atomic mass is 16.4. The summed E-state index contributed by atoms with van der Waals surface area (Å²) in [6.07, 6.45) is 3.30. The lowest BCUT2D eigenvalue weighted by Gasteiger charge is -2.35. The Morgan fingerprint density at radius 1 is 1.33 bits per heavy atom. The number of likely N-dealkylation sites (tertiary alicyclic amines) is 1. The zero-order valence-corrected chi connectivity index (χ0v) is 11.4. The summed E-state index contributed by atoms with van der Waals surface area (Å²) in [5.41, 5.74) is -0.616. The van der Waals surface area contributed by atoms with Gasteiger partial charge < -0.3 is 10.4 Å². The molecule has 1 heterocycles. The molecule has 0 saturated carbocycles. The van der Waals surface area contributed by atoms with Crippen molar-refractivity contribution in [1.29, 1.82) is 0 Å². The van der Waals surface area contributed by atoms with Gasteiger partial charge in [-0.05, 0) is 39.3 Å². The SMILES string of the molecule is CCCCNC(=O)CN1CCC(C)(C(=O)O)CC1. The van der Waals surface area contributed by atoms with E-state index in [2.05, 4.69) is 12.2 Å². The molecule has 1 aliphatic rings. The molecule has 0 atom stereocenters. The number of aliphatic carboxylic acids is 1. The molecule has 5 heteroatoms. The average molecular weight is 256 g/mol. The Morgan fingerprint density at radius 3 is 2.44 bits per heavy atom. The molecule has 0 spiro atoms. The van der Waals surface area contributed by atoms with Crippen LogP contribution in [-0.2, 0) is 9.59 Å². The zero-order chi connectivity index (χ0) is 13.6. The van der Waals surface area contributed by atoms with Crippen LogP contribution in [0.25, 0.3) is 0 Å². The van der Waals surface area contributed by atoms with Crippen molar-refractivity contribution >= 4 is 11.9 Å². The van der Waals surface area contributed by atoms with Gasteiger partial charge in [0.2, 0.25) is 5.91 Å². The number of nitrogens with one attached hydrogen (secondary N) is 1. The second-order valence-electron chi connectivity index (χ2n) is 5.35. The number of piperidine rings is 1. The fourth-order valence-electron chi connectivity index (χ4n) is 2.08. The van der Waals surface area contributed by atoms with E-state index in [1.807, 2.05) is 4.90 Å². The predicted molar refractivity (Wildman–Crippen MR) is 69.3 cm³/mol. The molecule has 1 aliphatic heterocycles. The molecule has 0 aromatic heterocycles. The van der Waals surface area contributed by atoms with Crippen LogP contribution in [0.2, 0.25) is 0 Å².